The third-order valence-electron chi connectivity index (χ3n) is 1.18. The molecule has 0 spiro atoms. The maximum Gasteiger partial charge on any atom is 0.0415 e. The van der Waals surface area contributed by atoms with E-state index in [9.17, 15) is 0 Å². The van der Waals surface area contributed by atoms with Gasteiger partial charge >= 0.3 is 0 Å². The van der Waals surface area contributed by atoms with Crippen LogP contribution >= 0.6 is 0 Å². The summed E-state index contributed by atoms with van der Waals surface area (Å²) in [6.45, 7) is 5.61. The van der Waals surface area contributed by atoms with Gasteiger partial charge in [0.2, 0.25) is 0 Å². The van der Waals surface area contributed by atoms with Gasteiger partial charge in [0.15, 0.2) is 0 Å². The van der Waals surface area contributed by atoms with Crippen LogP contribution in [0.25, 0.3) is 0 Å². The molecule has 0 saturated carbocycles. The lowest BCUT2D eigenvalue weighted by Crippen LogP contribution is -2.02. The fraction of sp³-hybridized carbons (Fsp3) is 0.444. The molecule has 0 saturated heterocycles. The summed E-state index contributed by atoms with van der Waals surface area (Å²) in [5, 5.41) is 0. The molecule has 2 nitrogen and oxygen atoms in total. The Bertz CT molecular complexity index is 166. The first-order valence-corrected chi connectivity index (χ1v) is 3.73. The highest BCUT2D eigenvalue weighted by Gasteiger charge is 1.86. The van der Waals surface area contributed by atoms with E-state index >= 15 is 0 Å². The largest absolute Gasteiger partial charge is 0.383 e. The molecule has 0 unspecified atom stereocenters. The van der Waals surface area contributed by atoms with Gasteiger partial charge in [-0.05, 0) is 12.5 Å². The Kier molecular flexibility index (Phi) is 5.17. The highest BCUT2D eigenvalue weighted by molar-refractivity contribution is 5.94. The van der Waals surface area contributed by atoms with E-state index in [1.54, 1.807) is 6.20 Å². The summed E-state index contributed by atoms with van der Waals surface area (Å²) >= 11 is 0. The third kappa shape index (κ3) is 5.40. The van der Waals surface area contributed by atoms with E-state index in [2.05, 4.69) is 18.5 Å². The second-order valence-electron chi connectivity index (χ2n) is 2.44. The second kappa shape index (κ2) is 5.71. The molecule has 0 heterocycles. The van der Waals surface area contributed by atoms with Gasteiger partial charge in [-0.15, -0.1) is 0 Å². The lowest BCUT2D eigenvalue weighted by molar-refractivity contribution is 0.564. The molecule has 0 radical (unpaired) electrons. The minimum absolute atomic E-state index is 0.941. The van der Waals surface area contributed by atoms with E-state index in [0.29, 0.717) is 0 Å². The molecule has 0 atom stereocenters. The average Bonchev–Trinajstić information content (AvgIpc) is 1.97. The number of rotatable bonds is 4. The normalized spacial score (nSPS) is 12.1. The maximum absolute atomic E-state index is 4.08. The van der Waals surface area contributed by atoms with Crippen LogP contribution in [0.3, 0.4) is 0 Å². The van der Waals surface area contributed by atoms with Crippen LogP contribution in [0.1, 0.15) is 13.3 Å². The van der Waals surface area contributed by atoms with Crippen molar-refractivity contribution in [3.63, 3.8) is 0 Å². The first kappa shape index (κ1) is 9.95. The van der Waals surface area contributed by atoms with Gasteiger partial charge in [0.05, 0.1) is 0 Å². The van der Waals surface area contributed by atoms with Crippen molar-refractivity contribution in [3.05, 3.63) is 25.1 Å². The highest BCUT2D eigenvalue weighted by Crippen LogP contribution is 1.90. The third-order valence-corrected chi connectivity index (χ3v) is 1.18. The van der Waals surface area contributed by atoms with E-state index in [-0.39, 0.29) is 0 Å². The van der Waals surface area contributed by atoms with Crippen LogP contribution in [0.5, 0.6) is 0 Å². The fourth-order valence-corrected chi connectivity index (χ4v) is 0.605. The van der Waals surface area contributed by atoms with Gasteiger partial charge in [-0.25, -0.2) is 0 Å². The van der Waals surface area contributed by atoms with E-state index in [1.165, 1.54) is 0 Å². The Labute approximate surface area is 68.9 Å². The molecule has 0 aromatic carbocycles. The monoisotopic (exact) mass is 152 g/mol. The minimum Gasteiger partial charge on any atom is -0.383 e. The van der Waals surface area contributed by atoms with Gasteiger partial charge in [-0.1, -0.05) is 13.5 Å². The molecular formula is C9H16N2. The summed E-state index contributed by atoms with van der Waals surface area (Å²) < 4.78 is 0. The quantitative estimate of drug-likeness (QED) is 0.563. The van der Waals surface area contributed by atoms with Crippen molar-refractivity contribution < 1.29 is 0 Å². The molecule has 11 heavy (non-hydrogen) atoms. The van der Waals surface area contributed by atoms with Crippen LogP contribution in [-0.4, -0.2) is 24.7 Å². The lowest BCUT2D eigenvalue weighted by Gasteiger charge is -2.02. The number of nitrogens with zero attached hydrogens (tertiary/aromatic N) is 2. The average molecular weight is 152 g/mol. The van der Waals surface area contributed by atoms with Gasteiger partial charge < -0.3 is 4.90 Å². The Morgan fingerprint density at radius 3 is 2.55 bits per heavy atom. The molecule has 0 fully saturated rings. The zero-order valence-electron chi connectivity index (χ0n) is 7.54. The minimum atomic E-state index is 0.941. The number of aliphatic imine (C=N–C) groups is 1. The molecule has 0 amide bonds. The number of hydrogen-bond donors (Lipinski definition) is 0. The smallest absolute Gasteiger partial charge is 0.0415 e. The van der Waals surface area contributed by atoms with Crippen molar-refractivity contribution in [2.45, 2.75) is 13.3 Å². The van der Waals surface area contributed by atoms with Crippen molar-refractivity contribution in [3.8, 4) is 0 Å². The van der Waals surface area contributed by atoms with Crippen molar-refractivity contribution in [2.24, 2.45) is 4.99 Å². The Balaban J connectivity index is 4.07. The standard InChI is InChI=1S/C9H16N2/c1-5-9(10-6-2)7-8-11(3)4/h6-8H,2,5H2,1,3-4H3/b8-7+,10-9?. The zero-order valence-corrected chi connectivity index (χ0v) is 7.54. The number of allylic oxidation sites excluding steroid dienone is 1. The highest BCUT2D eigenvalue weighted by atomic mass is 15.0. The molecule has 0 rings (SSSR count). The molecule has 0 aliphatic rings. The van der Waals surface area contributed by atoms with Gasteiger partial charge in [-0.2, -0.15) is 0 Å². The SMILES string of the molecule is C=CN=C(/C=C/N(C)C)CC. The maximum atomic E-state index is 4.08. The van der Waals surface area contributed by atoms with Gasteiger partial charge in [0.1, 0.15) is 0 Å². The van der Waals surface area contributed by atoms with Gasteiger partial charge in [0, 0.05) is 32.2 Å². The van der Waals surface area contributed by atoms with E-state index < -0.39 is 0 Å². The van der Waals surface area contributed by atoms with Crippen molar-refractivity contribution in [2.75, 3.05) is 14.1 Å². The van der Waals surface area contributed by atoms with Crippen molar-refractivity contribution in [1.29, 1.82) is 0 Å². The predicted molar refractivity (Wildman–Crippen MR) is 50.8 cm³/mol. The van der Waals surface area contributed by atoms with Crippen LogP contribution in [0.4, 0.5) is 0 Å². The Hall–Kier alpha value is -1.05. The predicted octanol–water partition coefficient (Wildman–Crippen LogP) is 2.06. The summed E-state index contributed by atoms with van der Waals surface area (Å²) in [6.07, 6.45) is 6.47. The van der Waals surface area contributed by atoms with Crippen molar-refractivity contribution >= 4 is 5.71 Å². The lowest BCUT2D eigenvalue weighted by atomic mass is 10.3. The van der Waals surface area contributed by atoms with Gasteiger partial charge in [0.25, 0.3) is 0 Å². The molecule has 62 valence electrons. The summed E-state index contributed by atoms with van der Waals surface area (Å²) in [7, 11) is 3.97. The first-order valence-electron chi connectivity index (χ1n) is 3.73. The van der Waals surface area contributed by atoms with Crippen LogP contribution in [0, 0.1) is 0 Å². The first-order chi connectivity index (χ1) is 5.20. The summed E-state index contributed by atoms with van der Waals surface area (Å²) in [6, 6.07) is 0. The van der Waals surface area contributed by atoms with Crippen LogP contribution in [0.2, 0.25) is 0 Å². The molecule has 0 aliphatic heterocycles. The van der Waals surface area contributed by atoms with Gasteiger partial charge in [-0.3, -0.25) is 4.99 Å². The van der Waals surface area contributed by atoms with Crippen LogP contribution < -0.4 is 0 Å². The van der Waals surface area contributed by atoms with Crippen LogP contribution in [-0.2, 0) is 0 Å². The van der Waals surface area contributed by atoms with E-state index in [0.717, 1.165) is 12.1 Å². The molecule has 0 bridgehead atoms. The fourth-order valence-electron chi connectivity index (χ4n) is 0.605. The zero-order chi connectivity index (χ0) is 8.69. The molecule has 0 aromatic rings. The summed E-state index contributed by atoms with van der Waals surface area (Å²) in [5.41, 5.74) is 1.05. The summed E-state index contributed by atoms with van der Waals surface area (Å²) in [5.74, 6) is 0. The molecule has 0 aliphatic carbocycles. The van der Waals surface area contributed by atoms with E-state index in [1.807, 2.05) is 31.3 Å². The van der Waals surface area contributed by atoms with E-state index in [4.69, 9.17) is 0 Å². The number of hydrogen-bond acceptors (Lipinski definition) is 2. The Morgan fingerprint density at radius 2 is 2.18 bits per heavy atom. The van der Waals surface area contributed by atoms with Crippen molar-refractivity contribution in [1.82, 2.24) is 4.90 Å². The molecular weight excluding hydrogens is 136 g/mol. The molecule has 0 aromatic heterocycles. The second-order valence-corrected chi connectivity index (χ2v) is 2.44. The summed E-state index contributed by atoms with van der Waals surface area (Å²) in [4.78, 5) is 6.06. The topological polar surface area (TPSA) is 15.6 Å². The Morgan fingerprint density at radius 1 is 1.55 bits per heavy atom. The molecule has 0 N–H and O–H groups in total. The molecule has 2 heteroatoms. The van der Waals surface area contributed by atoms with Crippen LogP contribution in [0.15, 0.2) is 30.0 Å².